The molecule has 0 unspecified atom stereocenters. The summed E-state index contributed by atoms with van der Waals surface area (Å²) in [6.07, 6.45) is 2.44. The number of aryl methyl sites for hydroxylation is 2. The molecule has 0 aliphatic heterocycles. The molecular formula is C22H28N2O4S. The molecule has 2 rings (SSSR count). The summed E-state index contributed by atoms with van der Waals surface area (Å²) < 4.78 is 33.4. The van der Waals surface area contributed by atoms with Crippen LogP contribution < -0.4 is 14.4 Å². The second-order valence-electron chi connectivity index (χ2n) is 6.72. The molecule has 0 atom stereocenters. The Kier molecular flexibility index (Phi) is 7.45. The molecule has 7 heteroatoms. The first-order valence-electron chi connectivity index (χ1n) is 9.42. The van der Waals surface area contributed by atoms with E-state index in [0.717, 1.165) is 21.1 Å². The minimum atomic E-state index is -3.99. The molecule has 0 radical (unpaired) electrons. The van der Waals surface area contributed by atoms with Crippen LogP contribution in [0.5, 0.6) is 5.75 Å². The summed E-state index contributed by atoms with van der Waals surface area (Å²) in [7, 11) is -2.52. The van der Waals surface area contributed by atoms with Crippen molar-refractivity contribution in [3.8, 4) is 5.75 Å². The van der Waals surface area contributed by atoms with E-state index in [4.69, 9.17) is 4.74 Å². The lowest BCUT2D eigenvalue weighted by molar-refractivity contribution is -0.118. The largest absolute Gasteiger partial charge is 0.495 e. The summed E-state index contributed by atoms with van der Waals surface area (Å²) in [5.74, 6) is -0.0416. The summed E-state index contributed by atoms with van der Waals surface area (Å²) in [4.78, 5) is 12.8. The number of hydrogen-bond acceptors (Lipinski definition) is 4. The molecule has 0 bridgehead atoms. The van der Waals surface area contributed by atoms with E-state index in [0.29, 0.717) is 17.9 Å². The average Bonchev–Trinajstić information content (AvgIpc) is 2.70. The number of carbonyl (C=O) groups excluding carboxylic acids is 1. The van der Waals surface area contributed by atoms with Crippen molar-refractivity contribution in [2.24, 2.45) is 0 Å². The Labute approximate surface area is 173 Å². The highest BCUT2D eigenvalue weighted by molar-refractivity contribution is 7.92. The first kappa shape index (κ1) is 22.5. The van der Waals surface area contributed by atoms with Gasteiger partial charge in [-0.15, -0.1) is 0 Å². The number of sulfonamides is 1. The van der Waals surface area contributed by atoms with Gasteiger partial charge in [0.1, 0.15) is 12.3 Å². The standard InChI is InChI=1S/C22H28N2O4S/c1-6-18(7-2)23-22(25)15-24(20-14-17(4)10-13-21(20)28-5)29(26,27)19-11-8-16(3)9-12-19/h6,8-14H,7,15H2,1-5H3,(H,23,25)/b18-6+. The molecule has 2 aromatic rings. The maximum absolute atomic E-state index is 13.5. The van der Waals surface area contributed by atoms with Gasteiger partial charge in [-0.2, -0.15) is 0 Å². The molecule has 156 valence electrons. The normalized spacial score (nSPS) is 11.8. The zero-order chi connectivity index (χ0) is 21.6. The van der Waals surface area contributed by atoms with Crippen molar-refractivity contribution in [1.29, 1.82) is 0 Å². The van der Waals surface area contributed by atoms with Crippen molar-refractivity contribution >= 4 is 21.6 Å². The van der Waals surface area contributed by atoms with E-state index in [1.807, 2.05) is 33.8 Å². The summed E-state index contributed by atoms with van der Waals surface area (Å²) in [5.41, 5.74) is 2.86. The van der Waals surface area contributed by atoms with Gasteiger partial charge in [0.25, 0.3) is 10.0 Å². The number of methoxy groups -OCH3 is 1. The van der Waals surface area contributed by atoms with Gasteiger partial charge >= 0.3 is 0 Å². The molecule has 0 heterocycles. The van der Waals surface area contributed by atoms with Gasteiger partial charge in [0.15, 0.2) is 0 Å². The molecule has 1 amide bonds. The van der Waals surface area contributed by atoms with Crippen molar-refractivity contribution in [1.82, 2.24) is 5.32 Å². The number of ether oxygens (including phenoxy) is 1. The van der Waals surface area contributed by atoms with E-state index in [9.17, 15) is 13.2 Å². The fourth-order valence-corrected chi connectivity index (χ4v) is 4.27. The lowest BCUT2D eigenvalue weighted by Crippen LogP contribution is -2.40. The molecule has 2 aromatic carbocycles. The number of nitrogens with zero attached hydrogens (tertiary/aromatic N) is 1. The lowest BCUT2D eigenvalue weighted by Gasteiger charge is -2.26. The van der Waals surface area contributed by atoms with Gasteiger partial charge in [0.2, 0.25) is 5.91 Å². The number of benzene rings is 2. The van der Waals surface area contributed by atoms with E-state index in [2.05, 4.69) is 5.32 Å². The minimum absolute atomic E-state index is 0.112. The van der Waals surface area contributed by atoms with Gasteiger partial charge in [-0.3, -0.25) is 9.10 Å². The fourth-order valence-electron chi connectivity index (χ4n) is 2.85. The maximum atomic E-state index is 13.5. The highest BCUT2D eigenvalue weighted by atomic mass is 32.2. The van der Waals surface area contributed by atoms with Crippen LogP contribution in [0.4, 0.5) is 5.69 Å². The first-order valence-corrected chi connectivity index (χ1v) is 10.9. The average molecular weight is 417 g/mol. The van der Waals surface area contributed by atoms with E-state index in [1.165, 1.54) is 7.11 Å². The number of carbonyl (C=O) groups is 1. The third-order valence-electron chi connectivity index (χ3n) is 4.53. The number of allylic oxidation sites excluding steroid dienone is 2. The molecular weight excluding hydrogens is 388 g/mol. The maximum Gasteiger partial charge on any atom is 0.264 e. The number of rotatable bonds is 8. The predicted molar refractivity (Wildman–Crippen MR) is 116 cm³/mol. The number of anilines is 1. The van der Waals surface area contributed by atoms with Crippen molar-refractivity contribution in [3.05, 3.63) is 65.4 Å². The Morgan fingerprint density at radius 3 is 2.28 bits per heavy atom. The van der Waals surface area contributed by atoms with Crippen LogP contribution in [0.3, 0.4) is 0 Å². The van der Waals surface area contributed by atoms with Gasteiger partial charge in [-0.1, -0.05) is 36.8 Å². The highest BCUT2D eigenvalue weighted by Crippen LogP contribution is 2.33. The highest BCUT2D eigenvalue weighted by Gasteiger charge is 2.29. The van der Waals surface area contributed by atoms with E-state index in [1.54, 1.807) is 42.5 Å². The number of hydrogen-bond donors (Lipinski definition) is 1. The predicted octanol–water partition coefficient (Wildman–Crippen LogP) is 3.94. The molecule has 0 aromatic heterocycles. The van der Waals surface area contributed by atoms with Crippen molar-refractivity contribution < 1.29 is 17.9 Å². The quantitative estimate of drug-likeness (QED) is 0.707. The van der Waals surface area contributed by atoms with Crippen LogP contribution in [-0.2, 0) is 14.8 Å². The molecule has 0 fully saturated rings. The summed E-state index contributed by atoms with van der Waals surface area (Å²) in [5, 5.41) is 2.78. The molecule has 0 aliphatic rings. The van der Waals surface area contributed by atoms with Gasteiger partial charge in [-0.05, 0) is 57.0 Å². The van der Waals surface area contributed by atoms with Gasteiger partial charge in [-0.25, -0.2) is 8.42 Å². The minimum Gasteiger partial charge on any atom is -0.495 e. The van der Waals surface area contributed by atoms with E-state index >= 15 is 0 Å². The molecule has 0 saturated carbocycles. The third-order valence-corrected chi connectivity index (χ3v) is 6.30. The van der Waals surface area contributed by atoms with Crippen LogP contribution >= 0.6 is 0 Å². The summed E-state index contributed by atoms with van der Waals surface area (Å²) in [6, 6.07) is 11.8. The summed E-state index contributed by atoms with van der Waals surface area (Å²) in [6.45, 7) is 7.11. The molecule has 6 nitrogen and oxygen atoms in total. The van der Waals surface area contributed by atoms with Gasteiger partial charge in [0.05, 0.1) is 17.7 Å². The molecule has 29 heavy (non-hydrogen) atoms. The smallest absolute Gasteiger partial charge is 0.264 e. The van der Waals surface area contributed by atoms with Crippen LogP contribution in [0.15, 0.2) is 59.1 Å². The van der Waals surface area contributed by atoms with Crippen molar-refractivity contribution in [2.45, 2.75) is 39.0 Å². The number of nitrogens with one attached hydrogen (secondary N) is 1. The fraction of sp³-hybridized carbons (Fsp3) is 0.318. The van der Waals surface area contributed by atoms with Crippen LogP contribution in [0.2, 0.25) is 0 Å². The van der Waals surface area contributed by atoms with Crippen LogP contribution in [0.1, 0.15) is 31.4 Å². The van der Waals surface area contributed by atoms with Crippen LogP contribution in [0, 0.1) is 13.8 Å². The van der Waals surface area contributed by atoms with E-state index in [-0.39, 0.29) is 11.4 Å². The first-order chi connectivity index (χ1) is 13.7. The zero-order valence-corrected chi connectivity index (χ0v) is 18.3. The molecule has 1 N–H and O–H groups in total. The van der Waals surface area contributed by atoms with Crippen molar-refractivity contribution in [2.75, 3.05) is 18.0 Å². The second kappa shape index (κ2) is 9.60. The van der Waals surface area contributed by atoms with Crippen molar-refractivity contribution in [3.63, 3.8) is 0 Å². The Balaban J connectivity index is 2.55. The Morgan fingerprint density at radius 2 is 1.72 bits per heavy atom. The lowest BCUT2D eigenvalue weighted by atomic mass is 10.2. The number of amides is 1. The monoisotopic (exact) mass is 416 g/mol. The zero-order valence-electron chi connectivity index (χ0n) is 17.5. The second-order valence-corrected chi connectivity index (χ2v) is 8.58. The Morgan fingerprint density at radius 1 is 1.10 bits per heavy atom. The molecule has 0 aliphatic carbocycles. The van der Waals surface area contributed by atoms with Gasteiger partial charge < -0.3 is 10.1 Å². The van der Waals surface area contributed by atoms with Crippen LogP contribution in [-0.4, -0.2) is 28.0 Å². The third kappa shape index (κ3) is 5.38. The van der Waals surface area contributed by atoms with Gasteiger partial charge in [0, 0.05) is 5.70 Å². The van der Waals surface area contributed by atoms with E-state index < -0.39 is 15.9 Å². The topological polar surface area (TPSA) is 75.7 Å². The molecule has 0 saturated heterocycles. The SMILES string of the molecule is C/C=C(\CC)NC(=O)CN(c1cc(C)ccc1OC)S(=O)(=O)c1ccc(C)cc1. The Hall–Kier alpha value is -2.80. The van der Waals surface area contributed by atoms with Crippen LogP contribution in [0.25, 0.3) is 0 Å². The molecule has 0 spiro atoms. The summed E-state index contributed by atoms with van der Waals surface area (Å²) >= 11 is 0. The Bertz CT molecular complexity index is 996.